The van der Waals surface area contributed by atoms with Crippen LogP contribution < -0.4 is 4.74 Å². The number of nitro groups is 1. The summed E-state index contributed by atoms with van der Waals surface area (Å²) in [6, 6.07) is 5.47. The van der Waals surface area contributed by atoms with E-state index in [1.165, 1.54) is 30.5 Å². The Bertz CT molecular complexity index is 684. The molecule has 8 heteroatoms. The van der Waals surface area contributed by atoms with Crippen molar-refractivity contribution in [1.29, 1.82) is 0 Å². The minimum Gasteiger partial charge on any atom is -0.485 e. The summed E-state index contributed by atoms with van der Waals surface area (Å²) in [5.74, 6) is -0.727. The summed E-state index contributed by atoms with van der Waals surface area (Å²) in [5, 5.41) is 11.3. The fraction of sp³-hybridized carbons (Fsp3) is 0.154. The zero-order valence-corrected chi connectivity index (χ0v) is 12.9. The van der Waals surface area contributed by atoms with Crippen LogP contribution in [0.15, 0.2) is 34.9 Å². The van der Waals surface area contributed by atoms with Crippen molar-refractivity contribution in [2.45, 2.75) is 6.42 Å². The fourth-order valence-electron chi connectivity index (χ4n) is 1.66. The Morgan fingerprint density at radius 3 is 2.90 bits per heavy atom. The number of ether oxygens (including phenoxy) is 1. The summed E-state index contributed by atoms with van der Waals surface area (Å²) >= 11 is 9.10. The number of pyridine rings is 1. The van der Waals surface area contributed by atoms with Crippen molar-refractivity contribution in [3.63, 3.8) is 0 Å². The number of benzene rings is 1. The molecule has 0 fully saturated rings. The van der Waals surface area contributed by atoms with Crippen molar-refractivity contribution in [1.82, 2.24) is 4.98 Å². The first-order chi connectivity index (χ1) is 9.97. The minimum atomic E-state index is -0.628. The van der Waals surface area contributed by atoms with E-state index >= 15 is 0 Å². The highest BCUT2D eigenvalue weighted by molar-refractivity contribution is 9.10. The monoisotopic (exact) mass is 374 g/mol. The summed E-state index contributed by atoms with van der Waals surface area (Å²) in [7, 11) is 0. The first kappa shape index (κ1) is 15.7. The average Bonchev–Trinajstić information content (AvgIpc) is 2.42. The highest BCUT2D eigenvalue weighted by Gasteiger charge is 2.17. The van der Waals surface area contributed by atoms with Crippen LogP contribution in [0.4, 0.5) is 10.2 Å². The maximum atomic E-state index is 13.1. The van der Waals surface area contributed by atoms with E-state index in [-0.39, 0.29) is 18.2 Å². The molecule has 0 aliphatic heterocycles. The van der Waals surface area contributed by atoms with Crippen molar-refractivity contribution in [3.8, 4) is 5.75 Å². The molecular weight excluding hydrogens is 367 g/mol. The lowest BCUT2D eigenvalue weighted by atomic mass is 10.1. The number of hydrogen-bond acceptors (Lipinski definition) is 4. The van der Waals surface area contributed by atoms with Gasteiger partial charge < -0.3 is 14.9 Å². The number of rotatable bonds is 5. The standard InChI is InChI=1S/C13H9BrClFN2O3/c14-9-6-12(13(17-7-9)18(19)20)21-4-3-8-5-10(16)1-2-11(8)15/h1-2,5-7H,3-4H2. The molecule has 1 heterocycles. The first-order valence-corrected chi connectivity index (χ1v) is 7.01. The lowest BCUT2D eigenvalue weighted by Crippen LogP contribution is -2.05. The van der Waals surface area contributed by atoms with E-state index in [1.807, 2.05) is 0 Å². The van der Waals surface area contributed by atoms with Gasteiger partial charge in [-0.3, -0.25) is 0 Å². The van der Waals surface area contributed by atoms with Gasteiger partial charge in [-0.2, -0.15) is 0 Å². The molecular formula is C13H9BrClFN2O3. The van der Waals surface area contributed by atoms with Gasteiger partial charge in [0.15, 0.2) is 6.20 Å². The van der Waals surface area contributed by atoms with Crippen LogP contribution in [0.1, 0.15) is 5.56 Å². The van der Waals surface area contributed by atoms with Crippen molar-refractivity contribution in [2.75, 3.05) is 6.61 Å². The van der Waals surface area contributed by atoms with Crippen LogP contribution in [0.3, 0.4) is 0 Å². The molecule has 0 spiro atoms. The normalized spacial score (nSPS) is 10.4. The van der Waals surface area contributed by atoms with Crippen molar-refractivity contribution < 1.29 is 14.1 Å². The molecule has 0 atom stereocenters. The van der Waals surface area contributed by atoms with Crippen LogP contribution >= 0.6 is 27.5 Å². The van der Waals surface area contributed by atoms with Gasteiger partial charge in [-0.25, -0.2) is 4.39 Å². The van der Waals surface area contributed by atoms with Gasteiger partial charge in [0, 0.05) is 17.5 Å². The predicted octanol–water partition coefficient (Wildman–Crippen LogP) is 4.17. The first-order valence-electron chi connectivity index (χ1n) is 5.84. The van der Waals surface area contributed by atoms with Gasteiger partial charge in [0.1, 0.15) is 5.82 Å². The Hall–Kier alpha value is -1.73. The lowest BCUT2D eigenvalue weighted by Gasteiger charge is -2.08. The van der Waals surface area contributed by atoms with Crippen LogP contribution in [0, 0.1) is 15.9 Å². The second kappa shape index (κ2) is 6.82. The molecule has 0 bridgehead atoms. The van der Waals surface area contributed by atoms with Gasteiger partial charge in [0.05, 0.1) is 11.1 Å². The van der Waals surface area contributed by atoms with Gasteiger partial charge in [-0.15, -0.1) is 0 Å². The zero-order valence-electron chi connectivity index (χ0n) is 10.6. The zero-order chi connectivity index (χ0) is 15.4. The van der Waals surface area contributed by atoms with E-state index < -0.39 is 10.7 Å². The third kappa shape index (κ3) is 4.12. The summed E-state index contributed by atoms with van der Waals surface area (Å²) in [4.78, 5) is 13.9. The van der Waals surface area contributed by atoms with Gasteiger partial charge in [-0.05, 0) is 49.6 Å². The number of halogens is 3. The lowest BCUT2D eigenvalue weighted by molar-refractivity contribution is -0.390. The highest BCUT2D eigenvalue weighted by Crippen LogP contribution is 2.27. The van der Waals surface area contributed by atoms with E-state index in [1.54, 1.807) is 0 Å². The summed E-state index contributed by atoms with van der Waals surface area (Å²) in [6.07, 6.45) is 1.63. The maximum Gasteiger partial charge on any atom is 0.406 e. The minimum absolute atomic E-state index is 0.0434. The third-order valence-electron chi connectivity index (χ3n) is 2.61. The molecule has 0 N–H and O–H groups in total. The van der Waals surface area contributed by atoms with E-state index in [2.05, 4.69) is 20.9 Å². The van der Waals surface area contributed by atoms with E-state index in [0.717, 1.165) is 0 Å². The molecule has 0 saturated heterocycles. The van der Waals surface area contributed by atoms with Crippen LogP contribution in [0.5, 0.6) is 5.75 Å². The Kier molecular flexibility index (Phi) is 5.08. The molecule has 0 amide bonds. The fourth-order valence-corrected chi connectivity index (χ4v) is 2.18. The largest absolute Gasteiger partial charge is 0.485 e. The van der Waals surface area contributed by atoms with Crippen LogP contribution in [-0.4, -0.2) is 16.5 Å². The molecule has 21 heavy (non-hydrogen) atoms. The van der Waals surface area contributed by atoms with Gasteiger partial charge in [0.25, 0.3) is 0 Å². The van der Waals surface area contributed by atoms with Gasteiger partial charge in [-0.1, -0.05) is 11.6 Å². The molecule has 2 rings (SSSR count). The topological polar surface area (TPSA) is 65.3 Å². The number of aromatic nitrogens is 1. The smallest absolute Gasteiger partial charge is 0.406 e. The molecule has 0 aliphatic carbocycles. The maximum absolute atomic E-state index is 13.1. The Labute approximate surface area is 133 Å². The van der Waals surface area contributed by atoms with Gasteiger partial charge >= 0.3 is 5.82 Å². The Morgan fingerprint density at radius 2 is 2.19 bits per heavy atom. The molecule has 0 saturated carbocycles. The SMILES string of the molecule is O=[N+]([O-])c1ncc(Br)cc1OCCc1cc(F)ccc1Cl. The molecule has 0 aliphatic rings. The molecule has 0 radical (unpaired) electrons. The van der Waals surface area contributed by atoms with E-state index in [4.69, 9.17) is 16.3 Å². The van der Waals surface area contributed by atoms with Crippen LogP contribution in [0.2, 0.25) is 5.02 Å². The second-order valence-electron chi connectivity index (χ2n) is 4.07. The van der Waals surface area contributed by atoms with Crippen LogP contribution in [0.25, 0.3) is 0 Å². The average molecular weight is 376 g/mol. The van der Waals surface area contributed by atoms with Crippen molar-refractivity contribution >= 4 is 33.3 Å². The molecule has 2 aromatic rings. The van der Waals surface area contributed by atoms with Crippen molar-refractivity contribution in [3.05, 3.63) is 61.5 Å². The molecule has 110 valence electrons. The van der Waals surface area contributed by atoms with Crippen LogP contribution in [-0.2, 0) is 6.42 Å². The number of nitrogens with zero attached hydrogens (tertiary/aromatic N) is 2. The summed E-state index contributed by atoms with van der Waals surface area (Å²) in [6.45, 7) is 0.113. The van der Waals surface area contributed by atoms with Gasteiger partial charge in [0.2, 0.25) is 5.75 Å². The molecule has 1 aromatic carbocycles. The molecule has 1 aromatic heterocycles. The third-order valence-corrected chi connectivity index (χ3v) is 3.41. The second-order valence-corrected chi connectivity index (χ2v) is 5.39. The van der Waals surface area contributed by atoms with Crippen molar-refractivity contribution in [2.24, 2.45) is 0 Å². The molecule has 0 unspecified atom stereocenters. The predicted molar refractivity (Wildman–Crippen MR) is 79.2 cm³/mol. The quantitative estimate of drug-likeness (QED) is 0.581. The Balaban J connectivity index is 2.08. The summed E-state index contributed by atoms with van der Waals surface area (Å²) < 4.78 is 19.0. The number of hydrogen-bond donors (Lipinski definition) is 0. The van der Waals surface area contributed by atoms with E-state index in [0.29, 0.717) is 21.5 Å². The Morgan fingerprint density at radius 1 is 1.43 bits per heavy atom. The highest BCUT2D eigenvalue weighted by atomic mass is 79.9. The summed E-state index contributed by atoms with van der Waals surface area (Å²) in [5.41, 5.74) is 0.572. The molecule has 5 nitrogen and oxygen atoms in total. The van der Waals surface area contributed by atoms with E-state index in [9.17, 15) is 14.5 Å².